The van der Waals surface area contributed by atoms with Gasteiger partial charge in [-0.25, -0.2) is 0 Å². The Labute approximate surface area is 181 Å². The number of amides is 1. The van der Waals surface area contributed by atoms with Crippen LogP contribution in [-0.4, -0.2) is 43.6 Å². The molecule has 2 aromatic carbocycles. The van der Waals surface area contributed by atoms with Crippen molar-refractivity contribution in [2.24, 2.45) is 0 Å². The highest BCUT2D eigenvalue weighted by atomic mass is 32.2. The van der Waals surface area contributed by atoms with E-state index in [4.69, 9.17) is 4.74 Å². The van der Waals surface area contributed by atoms with Crippen LogP contribution in [0.25, 0.3) is 17.0 Å². The van der Waals surface area contributed by atoms with Crippen molar-refractivity contribution >= 4 is 29.1 Å². The van der Waals surface area contributed by atoms with E-state index in [-0.39, 0.29) is 28.7 Å². The first-order chi connectivity index (χ1) is 14.9. The standard InChI is InChI=1S/C21H20N6O3S/c1-12-4-9-16(13(2)10-12)22-17(28)11-31-21-25-24-20-23-19(29)18(26-27(20)21)14-5-7-15(30-3)8-6-14/h4-10H,11H2,1-3H3,(H,22,28)(H,23,24,29). The molecule has 0 atom stereocenters. The number of ether oxygens (including phenoxy) is 1. The van der Waals surface area contributed by atoms with Crippen LogP contribution in [-0.2, 0) is 4.79 Å². The number of nitrogens with zero attached hydrogens (tertiary/aromatic N) is 4. The number of hydrogen-bond donors (Lipinski definition) is 2. The Hall–Kier alpha value is -3.66. The summed E-state index contributed by atoms with van der Waals surface area (Å²) >= 11 is 1.18. The number of nitrogens with one attached hydrogen (secondary N) is 2. The molecule has 2 aromatic heterocycles. The molecule has 0 radical (unpaired) electrons. The molecule has 158 valence electrons. The number of hydrogen-bond acceptors (Lipinski definition) is 7. The van der Waals surface area contributed by atoms with Gasteiger partial charge in [0.05, 0.1) is 12.9 Å². The fraction of sp³-hybridized carbons (Fsp3) is 0.190. The minimum Gasteiger partial charge on any atom is -0.497 e. The number of H-pyrrole nitrogens is 1. The Morgan fingerprint density at radius 3 is 2.65 bits per heavy atom. The molecule has 4 rings (SSSR count). The molecule has 0 fully saturated rings. The number of benzene rings is 2. The van der Waals surface area contributed by atoms with Crippen molar-refractivity contribution < 1.29 is 9.53 Å². The van der Waals surface area contributed by atoms with Crippen LogP contribution in [0.3, 0.4) is 0 Å². The molecular weight excluding hydrogens is 416 g/mol. The molecule has 0 aliphatic heterocycles. The van der Waals surface area contributed by atoms with E-state index in [0.717, 1.165) is 16.8 Å². The highest BCUT2D eigenvalue weighted by Gasteiger charge is 2.15. The number of aryl methyl sites for hydroxylation is 2. The van der Waals surface area contributed by atoms with Gasteiger partial charge in [-0.05, 0) is 49.7 Å². The number of anilines is 1. The smallest absolute Gasteiger partial charge is 0.279 e. The Morgan fingerprint density at radius 2 is 1.94 bits per heavy atom. The van der Waals surface area contributed by atoms with E-state index in [1.165, 1.54) is 16.3 Å². The third-order valence-corrected chi connectivity index (χ3v) is 5.52. The van der Waals surface area contributed by atoms with Gasteiger partial charge in [0.1, 0.15) is 5.75 Å². The summed E-state index contributed by atoms with van der Waals surface area (Å²) in [5.41, 5.74) is 3.36. The Morgan fingerprint density at radius 1 is 1.16 bits per heavy atom. The first-order valence-electron chi connectivity index (χ1n) is 9.44. The molecule has 1 amide bonds. The zero-order chi connectivity index (χ0) is 22.0. The molecule has 0 unspecified atom stereocenters. The molecule has 31 heavy (non-hydrogen) atoms. The summed E-state index contributed by atoms with van der Waals surface area (Å²) in [7, 11) is 1.57. The van der Waals surface area contributed by atoms with E-state index in [1.54, 1.807) is 31.4 Å². The molecule has 0 aliphatic carbocycles. The second-order valence-corrected chi connectivity index (χ2v) is 7.85. The number of methoxy groups -OCH3 is 1. The van der Waals surface area contributed by atoms with Gasteiger partial charge in [0, 0.05) is 11.3 Å². The van der Waals surface area contributed by atoms with E-state index in [9.17, 15) is 9.59 Å². The predicted octanol–water partition coefficient (Wildman–Crippen LogP) is 2.84. The summed E-state index contributed by atoms with van der Waals surface area (Å²) in [5, 5.41) is 15.7. The summed E-state index contributed by atoms with van der Waals surface area (Å²) in [4.78, 5) is 27.5. The molecular formula is C21H20N6O3S. The molecule has 0 aliphatic rings. The first-order valence-corrected chi connectivity index (χ1v) is 10.4. The molecule has 2 heterocycles. The maximum absolute atomic E-state index is 12.4. The second kappa shape index (κ2) is 8.60. The lowest BCUT2D eigenvalue weighted by molar-refractivity contribution is -0.113. The quantitative estimate of drug-likeness (QED) is 0.447. The number of aromatic nitrogens is 5. The van der Waals surface area contributed by atoms with Gasteiger partial charge in [-0.1, -0.05) is 29.5 Å². The van der Waals surface area contributed by atoms with Crippen LogP contribution in [0.1, 0.15) is 11.1 Å². The van der Waals surface area contributed by atoms with E-state index in [1.807, 2.05) is 32.0 Å². The van der Waals surface area contributed by atoms with Gasteiger partial charge < -0.3 is 10.1 Å². The largest absolute Gasteiger partial charge is 0.497 e. The topological polar surface area (TPSA) is 114 Å². The summed E-state index contributed by atoms with van der Waals surface area (Å²) in [6, 6.07) is 12.8. The fourth-order valence-corrected chi connectivity index (χ4v) is 3.72. The second-order valence-electron chi connectivity index (χ2n) is 6.90. The Kier molecular flexibility index (Phi) is 5.72. The number of fused-ring (bicyclic) bond motifs is 1. The lowest BCUT2D eigenvalue weighted by Crippen LogP contribution is -2.17. The minimum absolute atomic E-state index is 0.118. The number of carbonyl (C=O) groups is 1. The summed E-state index contributed by atoms with van der Waals surface area (Å²) < 4.78 is 6.58. The van der Waals surface area contributed by atoms with E-state index >= 15 is 0 Å². The zero-order valence-corrected chi connectivity index (χ0v) is 18.0. The molecule has 0 spiro atoms. The molecule has 2 N–H and O–H groups in total. The molecule has 0 saturated heterocycles. The van der Waals surface area contributed by atoms with Gasteiger partial charge in [-0.15, -0.1) is 10.2 Å². The minimum atomic E-state index is -0.380. The van der Waals surface area contributed by atoms with Gasteiger partial charge in [0.25, 0.3) is 11.3 Å². The van der Waals surface area contributed by atoms with Gasteiger partial charge in [-0.2, -0.15) is 9.61 Å². The van der Waals surface area contributed by atoms with Gasteiger partial charge in [0.15, 0.2) is 5.69 Å². The van der Waals surface area contributed by atoms with Gasteiger partial charge in [-0.3, -0.25) is 14.6 Å². The maximum atomic E-state index is 12.4. The van der Waals surface area contributed by atoms with Crippen LogP contribution in [0.4, 0.5) is 5.69 Å². The maximum Gasteiger partial charge on any atom is 0.279 e. The average Bonchev–Trinajstić information content (AvgIpc) is 3.15. The van der Waals surface area contributed by atoms with Crippen molar-refractivity contribution in [1.29, 1.82) is 0 Å². The molecule has 10 heteroatoms. The van der Waals surface area contributed by atoms with E-state index in [0.29, 0.717) is 16.5 Å². The number of aromatic amines is 1. The van der Waals surface area contributed by atoms with Crippen molar-refractivity contribution in [3.8, 4) is 17.0 Å². The fourth-order valence-electron chi connectivity index (χ4n) is 3.04. The van der Waals surface area contributed by atoms with Crippen molar-refractivity contribution in [3.05, 3.63) is 63.9 Å². The third kappa shape index (κ3) is 4.43. The average molecular weight is 436 g/mol. The molecule has 4 aromatic rings. The summed E-state index contributed by atoms with van der Waals surface area (Å²) in [6.45, 7) is 3.95. The number of thioether (sulfide) groups is 1. The first kappa shape index (κ1) is 20.6. The number of carbonyl (C=O) groups excluding carboxylic acids is 1. The van der Waals surface area contributed by atoms with Crippen LogP contribution in [0.2, 0.25) is 0 Å². The van der Waals surface area contributed by atoms with Crippen LogP contribution in [0.5, 0.6) is 5.75 Å². The SMILES string of the molecule is COc1ccc(-c2nn3c(SCC(=O)Nc4ccc(C)cc4C)nnc3[nH]c2=O)cc1. The van der Waals surface area contributed by atoms with Crippen LogP contribution in [0.15, 0.2) is 52.4 Å². The highest BCUT2D eigenvalue weighted by molar-refractivity contribution is 7.99. The highest BCUT2D eigenvalue weighted by Crippen LogP contribution is 2.21. The van der Waals surface area contributed by atoms with E-state index in [2.05, 4.69) is 25.6 Å². The Bertz CT molecular complexity index is 1310. The van der Waals surface area contributed by atoms with Crippen molar-refractivity contribution in [1.82, 2.24) is 24.8 Å². The van der Waals surface area contributed by atoms with Crippen LogP contribution >= 0.6 is 11.8 Å². The lowest BCUT2D eigenvalue weighted by atomic mass is 10.1. The lowest BCUT2D eigenvalue weighted by Gasteiger charge is -2.08. The van der Waals surface area contributed by atoms with Crippen LogP contribution in [0, 0.1) is 13.8 Å². The van der Waals surface area contributed by atoms with Crippen LogP contribution < -0.4 is 15.6 Å². The summed E-state index contributed by atoms with van der Waals surface area (Å²) in [5.74, 6) is 0.831. The van der Waals surface area contributed by atoms with Gasteiger partial charge >= 0.3 is 0 Å². The van der Waals surface area contributed by atoms with Crippen molar-refractivity contribution in [2.75, 3.05) is 18.2 Å². The zero-order valence-electron chi connectivity index (χ0n) is 17.2. The van der Waals surface area contributed by atoms with E-state index < -0.39 is 0 Å². The number of rotatable bonds is 6. The Balaban J connectivity index is 1.54. The molecule has 0 saturated carbocycles. The molecule has 0 bridgehead atoms. The normalized spacial score (nSPS) is 10.9. The van der Waals surface area contributed by atoms with Crippen molar-refractivity contribution in [2.45, 2.75) is 19.0 Å². The molecule has 9 nitrogen and oxygen atoms in total. The monoisotopic (exact) mass is 436 g/mol. The summed E-state index contributed by atoms with van der Waals surface area (Å²) in [6.07, 6.45) is 0. The van der Waals surface area contributed by atoms with Crippen molar-refractivity contribution in [3.63, 3.8) is 0 Å². The van der Waals surface area contributed by atoms with Gasteiger partial charge in [0.2, 0.25) is 11.1 Å². The third-order valence-electron chi connectivity index (χ3n) is 4.60. The predicted molar refractivity (Wildman–Crippen MR) is 119 cm³/mol.